The van der Waals surface area contributed by atoms with Gasteiger partial charge in [-0.2, -0.15) is 0 Å². The molecule has 1 aromatic carbocycles. The minimum Gasteiger partial charge on any atom is -0.488 e. The molecule has 4 heteroatoms. The normalized spacial score (nSPS) is 12.8. The lowest BCUT2D eigenvalue weighted by Crippen LogP contribution is -2.36. The van der Waals surface area contributed by atoms with Gasteiger partial charge in [0.15, 0.2) is 0 Å². The summed E-state index contributed by atoms with van der Waals surface area (Å²) in [6.45, 7) is 7.18. The molecule has 0 spiro atoms. The van der Waals surface area contributed by atoms with Gasteiger partial charge in [0.25, 0.3) is 0 Å². The van der Waals surface area contributed by atoms with Crippen molar-refractivity contribution in [3.63, 3.8) is 0 Å². The molecule has 0 heterocycles. The highest BCUT2D eigenvalue weighted by Crippen LogP contribution is 2.31. The molecule has 0 aromatic heterocycles. The Hall–Kier alpha value is -0.440. The number of halogens is 2. The van der Waals surface area contributed by atoms with Crippen molar-refractivity contribution < 1.29 is 4.74 Å². The largest absolute Gasteiger partial charge is 0.488 e. The van der Waals surface area contributed by atoms with E-state index in [1.807, 2.05) is 19.1 Å². The fraction of sp³-hybridized carbons (Fsp3) is 0.571. The van der Waals surface area contributed by atoms with Crippen molar-refractivity contribution in [2.75, 3.05) is 6.54 Å². The Morgan fingerprint density at radius 2 is 1.89 bits per heavy atom. The number of hydrogen-bond acceptors (Lipinski definition) is 2. The Balaban J connectivity index is 2.49. The Labute approximate surface area is 120 Å². The van der Waals surface area contributed by atoms with Crippen LogP contribution in [0.25, 0.3) is 0 Å². The van der Waals surface area contributed by atoms with E-state index in [1.165, 1.54) is 0 Å². The van der Waals surface area contributed by atoms with Gasteiger partial charge >= 0.3 is 0 Å². The van der Waals surface area contributed by atoms with E-state index in [0.717, 1.165) is 19.4 Å². The van der Waals surface area contributed by atoms with Crippen molar-refractivity contribution in [3.05, 3.63) is 28.2 Å². The van der Waals surface area contributed by atoms with Gasteiger partial charge in [-0.3, -0.25) is 0 Å². The molecule has 1 rings (SSSR count). The second-order valence-corrected chi connectivity index (χ2v) is 5.19. The molecule has 0 bridgehead atoms. The molecule has 0 saturated heterocycles. The first-order valence-corrected chi connectivity index (χ1v) is 7.18. The lowest BCUT2D eigenvalue weighted by atomic mass is 10.1. The average Bonchev–Trinajstić information content (AvgIpc) is 2.36. The van der Waals surface area contributed by atoms with Gasteiger partial charge in [-0.1, -0.05) is 43.1 Å². The zero-order chi connectivity index (χ0) is 13.5. The summed E-state index contributed by atoms with van der Waals surface area (Å²) in [7, 11) is 0. The fourth-order valence-corrected chi connectivity index (χ4v) is 2.08. The summed E-state index contributed by atoms with van der Waals surface area (Å²) in [5.41, 5.74) is 0. The van der Waals surface area contributed by atoms with Crippen molar-refractivity contribution >= 4 is 23.2 Å². The molecule has 102 valence electrons. The van der Waals surface area contributed by atoms with Crippen LogP contribution in [0.1, 0.15) is 33.6 Å². The number of hydrogen-bond donors (Lipinski definition) is 1. The zero-order valence-corrected chi connectivity index (χ0v) is 12.7. The van der Waals surface area contributed by atoms with E-state index >= 15 is 0 Å². The topological polar surface area (TPSA) is 21.3 Å². The van der Waals surface area contributed by atoms with Crippen LogP contribution >= 0.6 is 23.2 Å². The second-order valence-electron chi connectivity index (χ2n) is 4.40. The Kier molecular flexibility index (Phi) is 6.83. The van der Waals surface area contributed by atoms with Crippen LogP contribution in [0.5, 0.6) is 5.75 Å². The van der Waals surface area contributed by atoms with Crippen LogP contribution in [0, 0.1) is 0 Å². The summed E-state index contributed by atoms with van der Waals surface area (Å²) in [4.78, 5) is 0. The molecule has 2 nitrogen and oxygen atoms in total. The van der Waals surface area contributed by atoms with Crippen molar-refractivity contribution in [2.24, 2.45) is 0 Å². The van der Waals surface area contributed by atoms with Gasteiger partial charge in [0, 0.05) is 12.6 Å². The quantitative estimate of drug-likeness (QED) is 0.796. The standard InChI is InChI=1S/C14H21Cl2NO/c1-4-11(5-2)17-9-10(3)18-13-8-6-7-12(15)14(13)16/h6-8,10-11,17H,4-5,9H2,1-3H3. The summed E-state index contributed by atoms with van der Waals surface area (Å²) in [5.74, 6) is 0.642. The number of nitrogens with one attached hydrogen (secondary N) is 1. The Bertz CT molecular complexity index is 367. The zero-order valence-electron chi connectivity index (χ0n) is 11.2. The van der Waals surface area contributed by atoms with Gasteiger partial charge in [0.05, 0.1) is 5.02 Å². The SMILES string of the molecule is CCC(CC)NCC(C)Oc1cccc(Cl)c1Cl. The third-order valence-electron chi connectivity index (χ3n) is 2.92. The van der Waals surface area contributed by atoms with E-state index in [4.69, 9.17) is 27.9 Å². The Morgan fingerprint density at radius 1 is 1.22 bits per heavy atom. The van der Waals surface area contributed by atoms with Crippen LogP contribution in [-0.4, -0.2) is 18.7 Å². The molecule has 0 amide bonds. The van der Waals surface area contributed by atoms with Gasteiger partial charge in [0.2, 0.25) is 0 Å². The highest BCUT2D eigenvalue weighted by molar-refractivity contribution is 6.42. The van der Waals surface area contributed by atoms with Crippen LogP contribution in [-0.2, 0) is 0 Å². The van der Waals surface area contributed by atoms with Gasteiger partial charge in [-0.25, -0.2) is 0 Å². The predicted octanol–water partition coefficient (Wildman–Crippen LogP) is 4.54. The number of benzene rings is 1. The number of rotatable bonds is 7. The molecule has 1 N–H and O–H groups in total. The summed E-state index contributed by atoms with van der Waals surface area (Å²) in [6, 6.07) is 5.97. The molecule has 1 aromatic rings. The van der Waals surface area contributed by atoms with Crippen LogP contribution in [0.4, 0.5) is 0 Å². The molecule has 0 fully saturated rings. The van der Waals surface area contributed by atoms with Gasteiger partial charge in [0.1, 0.15) is 16.9 Å². The van der Waals surface area contributed by atoms with E-state index in [0.29, 0.717) is 21.8 Å². The van der Waals surface area contributed by atoms with E-state index < -0.39 is 0 Å². The third kappa shape index (κ3) is 4.68. The van der Waals surface area contributed by atoms with E-state index in [-0.39, 0.29) is 6.10 Å². The fourth-order valence-electron chi connectivity index (χ4n) is 1.74. The maximum absolute atomic E-state index is 6.08. The third-order valence-corrected chi connectivity index (χ3v) is 3.73. The Morgan fingerprint density at radius 3 is 2.50 bits per heavy atom. The van der Waals surface area contributed by atoms with Crippen LogP contribution in [0.3, 0.4) is 0 Å². The second kappa shape index (κ2) is 7.88. The molecule has 18 heavy (non-hydrogen) atoms. The van der Waals surface area contributed by atoms with E-state index in [1.54, 1.807) is 6.07 Å². The molecular formula is C14H21Cl2NO. The van der Waals surface area contributed by atoms with E-state index in [2.05, 4.69) is 19.2 Å². The van der Waals surface area contributed by atoms with Crippen LogP contribution in [0.2, 0.25) is 10.0 Å². The van der Waals surface area contributed by atoms with Crippen molar-refractivity contribution in [3.8, 4) is 5.75 Å². The monoisotopic (exact) mass is 289 g/mol. The van der Waals surface area contributed by atoms with Gasteiger partial charge < -0.3 is 10.1 Å². The van der Waals surface area contributed by atoms with Gasteiger partial charge in [-0.15, -0.1) is 0 Å². The first-order chi connectivity index (χ1) is 8.58. The molecule has 0 aliphatic heterocycles. The molecule has 0 aliphatic rings. The smallest absolute Gasteiger partial charge is 0.139 e. The number of ether oxygens (including phenoxy) is 1. The van der Waals surface area contributed by atoms with Crippen molar-refractivity contribution in [1.82, 2.24) is 5.32 Å². The van der Waals surface area contributed by atoms with Crippen LogP contribution < -0.4 is 10.1 Å². The van der Waals surface area contributed by atoms with Crippen molar-refractivity contribution in [2.45, 2.75) is 45.8 Å². The van der Waals surface area contributed by atoms with Gasteiger partial charge in [-0.05, 0) is 31.9 Å². The molecular weight excluding hydrogens is 269 g/mol. The minimum atomic E-state index is 0.0570. The summed E-state index contributed by atoms with van der Waals surface area (Å²) in [6.07, 6.45) is 2.31. The molecule has 0 saturated carbocycles. The molecule has 1 unspecified atom stereocenters. The minimum absolute atomic E-state index is 0.0570. The first-order valence-electron chi connectivity index (χ1n) is 6.42. The predicted molar refractivity (Wildman–Crippen MR) is 78.9 cm³/mol. The van der Waals surface area contributed by atoms with E-state index in [9.17, 15) is 0 Å². The molecule has 0 radical (unpaired) electrons. The lowest BCUT2D eigenvalue weighted by Gasteiger charge is -2.20. The van der Waals surface area contributed by atoms with Crippen molar-refractivity contribution in [1.29, 1.82) is 0 Å². The summed E-state index contributed by atoms with van der Waals surface area (Å²) in [5, 5.41) is 4.47. The maximum atomic E-state index is 6.08. The molecule has 0 aliphatic carbocycles. The highest BCUT2D eigenvalue weighted by Gasteiger charge is 2.11. The summed E-state index contributed by atoms with van der Waals surface area (Å²) < 4.78 is 5.79. The molecule has 1 atom stereocenters. The van der Waals surface area contributed by atoms with Crippen LogP contribution in [0.15, 0.2) is 18.2 Å². The maximum Gasteiger partial charge on any atom is 0.139 e. The highest BCUT2D eigenvalue weighted by atomic mass is 35.5. The summed E-state index contributed by atoms with van der Waals surface area (Å²) >= 11 is 12.0. The lowest BCUT2D eigenvalue weighted by molar-refractivity contribution is 0.210. The first kappa shape index (κ1) is 15.6. The average molecular weight is 290 g/mol.